The van der Waals surface area contributed by atoms with Gasteiger partial charge in [0.25, 0.3) is 5.91 Å². The number of methoxy groups -OCH3 is 1. The molecule has 98 valence electrons. The summed E-state index contributed by atoms with van der Waals surface area (Å²) in [4.78, 5) is 12.1. The van der Waals surface area contributed by atoms with Gasteiger partial charge in [0.2, 0.25) is 0 Å². The van der Waals surface area contributed by atoms with Crippen LogP contribution in [0.25, 0.3) is 0 Å². The Kier molecular flexibility index (Phi) is 4.45. The van der Waals surface area contributed by atoms with Gasteiger partial charge in [0.1, 0.15) is 5.75 Å². The molecule has 0 radical (unpaired) electrons. The van der Waals surface area contributed by atoms with Crippen molar-refractivity contribution < 1.29 is 9.53 Å². The average molecular weight is 341 g/mol. The molecule has 0 atom stereocenters. The third kappa shape index (κ3) is 3.28. The highest BCUT2D eigenvalue weighted by molar-refractivity contribution is 9.10. The number of nitrogens with one attached hydrogen (secondary N) is 1. The molecule has 0 unspecified atom stereocenters. The van der Waals surface area contributed by atoms with E-state index in [0.29, 0.717) is 26.5 Å². The van der Waals surface area contributed by atoms with Crippen molar-refractivity contribution >= 4 is 39.1 Å². The van der Waals surface area contributed by atoms with Crippen LogP contribution in [0.4, 0.5) is 5.69 Å². The van der Waals surface area contributed by atoms with Crippen molar-refractivity contribution in [3.63, 3.8) is 0 Å². The monoisotopic (exact) mass is 339 g/mol. The van der Waals surface area contributed by atoms with Crippen LogP contribution >= 0.6 is 27.5 Å². The standard InChI is InChI=1S/C14H11BrClNO2/c1-19-10-7-5-9(6-8-10)14(18)17-12-4-2-3-11(16)13(12)15/h2-8H,1H3,(H,17,18). The Bertz CT molecular complexity index is 599. The first-order chi connectivity index (χ1) is 9.11. The summed E-state index contributed by atoms with van der Waals surface area (Å²) in [5.41, 5.74) is 1.18. The minimum Gasteiger partial charge on any atom is -0.497 e. The molecule has 0 saturated heterocycles. The van der Waals surface area contributed by atoms with E-state index in [1.54, 1.807) is 49.6 Å². The van der Waals surface area contributed by atoms with E-state index in [4.69, 9.17) is 16.3 Å². The molecule has 0 aliphatic carbocycles. The molecule has 1 N–H and O–H groups in total. The summed E-state index contributed by atoms with van der Waals surface area (Å²) in [5.74, 6) is 0.506. The summed E-state index contributed by atoms with van der Waals surface area (Å²) in [6.07, 6.45) is 0. The van der Waals surface area contributed by atoms with Gasteiger partial charge in [-0.05, 0) is 52.3 Å². The van der Waals surface area contributed by atoms with Crippen LogP contribution in [0.15, 0.2) is 46.9 Å². The molecule has 3 nitrogen and oxygen atoms in total. The van der Waals surface area contributed by atoms with Crippen LogP contribution in [0.1, 0.15) is 10.4 Å². The van der Waals surface area contributed by atoms with Crippen molar-refractivity contribution in [2.75, 3.05) is 12.4 Å². The quantitative estimate of drug-likeness (QED) is 0.901. The number of ether oxygens (including phenoxy) is 1. The van der Waals surface area contributed by atoms with Crippen LogP contribution in [0.5, 0.6) is 5.75 Å². The third-order valence-electron chi connectivity index (χ3n) is 2.55. The zero-order chi connectivity index (χ0) is 13.8. The molecule has 0 spiro atoms. The molecular weight excluding hydrogens is 330 g/mol. The number of carbonyl (C=O) groups excluding carboxylic acids is 1. The second kappa shape index (κ2) is 6.08. The van der Waals surface area contributed by atoms with Gasteiger partial charge >= 0.3 is 0 Å². The Hall–Kier alpha value is -1.52. The lowest BCUT2D eigenvalue weighted by Gasteiger charge is -2.08. The van der Waals surface area contributed by atoms with Crippen molar-refractivity contribution in [1.29, 1.82) is 0 Å². The van der Waals surface area contributed by atoms with Crippen molar-refractivity contribution in [3.8, 4) is 5.75 Å². The number of carbonyl (C=O) groups is 1. The Labute approximate surface area is 124 Å². The zero-order valence-corrected chi connectivity index (χ0v) is 12.5. The molecule has 5 heteroatoms. The normalized spacial score (nSPS) is 10.1. The first kappa shape index (κ1) is 13.9. The molecule has 0 heterocycles. The third-order valence-corrected chi connectivity index (χ3v) is 3.95. The lowest BCUT2D eigenvalue weighted by molar-refractivity contribution is 0.102. The number of hydrogen-bond acceptors (Lipinski definition) is 2. The maximum atomic E-state index is 12.1. The molecule has 2 rings (SSSR count). The predicted octanol–water partition coefficient (Wildman–Crippen LogP) is 4.36. The van der Waals surface area contributed by atoms with Gasteiger partial charge in [-0.15, -0.1) is 0 Å². The fraction of sp³-hybridized carbons (Fsp3) is 0.0714. The van der Waals surface area contributed by atoms with Crippen LogP contribution in [-0.4, -0.2) is 13.0 Å². The zero-order valence-electron chi connectivity index (χ0n) is 10.1. The van der Waals surface area contributed by atoms with E-state index in [1.165, 1.54) is 0 Å². The number of anilines is 1. The second-order valence-corrected chi connectivity index (χ2v) is 4.98. The van der Waals surface area contributed by atoms with Gasteiger partial charge in [-0.25, -0.2) is 0 Å². The van der Waals surface area contributed by atoms with Crippen LogP contribution in [-0.2, 0) is 0 Å². The highest BCUT2D eigenvalue weighted by Crippen LogP contribution is 2.30. The molecule has 1 amide bonds. The molecule has 0 aromatic heterocycles. The molecule has 19 heavy (non-hydrogen) atoms. The number of benzene rings is 2. The van der Waals surface area contributed by atoms with Gasteiger partial charge < -0.3 is 10.1 Å². The number of hydrogen-bond donors (Lipinski definition) is 1. The molecule has 0 bridgehead atoms. The Morgan fingerprint density at radius 2 is 1.89 bits per heavy atom. The molecule has 0 aliphatic rings. The number of halogens is 2. The summed E-state index contributed by atoms with van der Waals surface area (Å²) >= 11 is 9.31. The largest absolute Gasteiger partial charge is 0.497 e. The van der Waals surface area contributed by atoms with Crippen molar-refractivity contribution in [2.24, 2.45) is 0 Å². The lowest BCUT2D eigenvalue weighted by Crippen LogP contribution is -2.12. The van der Waals surface area contributed by atoms with Gasteiger partial charge in [0.15, 0.2) is 0 Å². The van der Waals surface area contributed by atoms with Crippen molar-refractivity contribution in [1.82, 2.24) is 0 Å². The molecule has 0 saturated carbocycles. The van der Waals surface area contributed by atoms with E-state index in [9.17, 15) is 4.79 Å². The first-order valence-electron chi connectivity index (χ1n) is 5.51. The minimum atomic E-state index is -0.203. The summed E-state index contributed by atoms with van der Waals surface area (Å²) in [7, 11) is 1.58. The first-order valence-corrected chi connectivity index (χ1v) is 6.68. The number of rotatable bonds is 3. The highest BCUT2D eigenvalue weighted by Gasteiger charge is 2.09. The van der Waals surface area contributed by atoms with Crippen LogP contribution < -0.4 is 10.1 Å². The fourth-order valence-electron chi connectivity index (χ4n) is 1.54. The molecule has 0 fully saturated rings. The second-order valence-electron chi connectivity index (χ2n) is 3.78. The maximum Gasteiger partial charge on any atom is 0.255 e. The summed E-state index contributed by atoms with van der Waals surface area (Å²) in [6.45, 7) is 0. The molecule has 0 aliphatic heterocycles. The highest BCUT2D eigenvalue weighted by atomic mass is 79.9. The summed E-state index contributed by atoms with van der Waals surface area (Å²) in [5, 5.41) is 3.34. The van der Waals surface area contributed by atoms with E-state index < -0.39 is 0 Å². The van der Waals surface area contributed by atoms with Crippen molar-refractivity contribution in [3.05, 3.63) is 57.5 Å². The summed E-state index contributed by atoms with van der Waals surface area (Å²) in [6, 6.07) is 12.2. The van der Waals surface area contributed by atoms with Gasteiger partial charge in [0, 0.05) is 5.56 Å². The van der Waals surface area contributed by atoms with Gasteiger partial charge in [-0.3, -0.25) is 4.79 Å². The van der Waals surface area contributed by atoms with E-state index in [-0.39, 0.29) is 5.91 Å². The topological polar surface area (TPSA) is 38.3 Å². The van der Waals surface area contributed by atoms with E-state index in [0.717, 1.165) is 0 Å². The average Bonchev–Trinajstić information content (AvgIpc) is 2.44. The summed E-state index contributed by atoms with van der Waals surface area (Å²) < 4.78 is 5.71. The van der Waals surface area contributed by atoms with Gasteiger partial charge in [-0.1, -0.05) is 17.7 Å². The Morgan fingerprint density at radius 3 is 2.53 bits per heavy atom. The minimum absolute atomic E-state index is 0.203. The Balaban J connectivity index is 2.18. The van der Waals surface area contributed by atoms with E-state index >= 15 is 0 Å². The molecule has 2 aromatic carbocycles. The lowest BCUT2D eigenvalue weighted by atomic mass is 10.2. The number of amides is 1. The molecular formula is C14H11BrClNO2. The van der Waals surface area contributed by atoms with Crippen LogP contribution in [0, 0.1) is 0 Å². The van der Waals surface area contributed by atoms with Crippen LogP contribution in [0.2, 0.25) is 5.02 Å². The van der Waals surface area contributed by atoms with Crippen LogP contribution in [0.3, 0.4) is 0 Å². The maximum absolute atomic E-state index is 12.1. The fourth-order valence-corrected chi connectivity index (χ4v) is 2.08. The predicted molar refractivity (Wildman–Crippen MR) is 80.1 cm³/mol. The van der Waals surface area contributed by atoms with Crippen molar-refractivity contribution in [2.45, 2.75) is 0 Å². The van der Waals surface area contributed by atoms with Gasteiger partial charge in [0.05, 0.1) is 22.3 Å². The Morgan fingerprint density at radius 1 is 1.21 bits per heavy atom. The SMILES string of the molecule is COc1ccc(C(=O)Nc2cccc(Cl)c2Br)cc1. The van der Waals surface area contributed by atoms with Gasteiger partial charge in [-0.2, -0.15) is 0 Å². The molecule has 2 aromatic rings. The van der Waals surface area contributed by atoms with E-state index in [1.807, 2.05) is 0 Å². The van der Waals surface area contributed by atoms with E-state index in [2.05, 4.69) is 21.2 Å². The smallest absolute Gasteiger partial charge is 0.255 e.